The molecule has 6 nitrogen and oxygen atoms in total. The minimum Gasteiger partial charge on any atom is -0.461 e. The van der Waals surface area contributed by atoms with Crippen molar-refractivity contribution in [2.45, 2.75) is 5.28 Å². The maximum absolute atomic E-state index is 12.5. The molecule has 0 bridgehead atoms. The van der Waals surface area contributed by atoms with Gasteiger partial charge in [-0.3, -0.25) is 14.7 Å². The molecule has 3 N–H and O–H groups in total. The van der Waals surface area contributed by atoms with E-state index in [2.05, 4.69) is 11.9 Å². The average molecular weight is 361 g/mol. The minimum absolute atomic E-state index is 0.0279. The number of carbonyl (C=O) groups is 1. The highest BCUT2D eigenvalue weighted by molar-refractivity contribution is 7.53. The molecular formula is C18H20NO5P. The van der Waals surface area contributed by atoms with Crippen molar-refractivity contribution in [1.82, 2.24) is 5.32 Å². The van der Waals surface area contributed by atoms with Crippen LogP contribution in [-0.4, -0.2) is 28.9 Å². The quantitative estimate of drug-likeness (QED) is 0.380. The van der Waals surface area contributed by atoms with Crippen molar-refractivity contribution in [3.63, 3.8) is 0 Å². The fourth-order valence-corrected chi connectivity index (χ4v) is 3.83. The van der Waals surface area contributed by atoms with Gasteiger partial charge in [-0.05, 0) is 11.1 Å². The molecule has 0 atom stereocenters. The third-order valence-electron chi connectivity index (χ3n) is 3.67. The summed E-state index contributed by atoms with van der Waals surface area (Å²) < 4.78 is 17.4. The van der Waals surface area contributed by atoms with Gasteiger partial charge in [0.2, 0.25) is 0 Å². The van der Waals surface area contributed by atoms with E-state index in [1.165, 1.54) is 6.08 Å². The van der Waals surface area contributed by atoms with Gasteiger partial charge in [-0.1, -0.05) is 73.3 Å². The van der Waals surface area contributed by atoms with Gasteiger partial charge in [0.25, 0.3) is 0 Å². The van der Waals surface area contributed by atoms with Crippen LogP contribution in [-0.2, 0) is 19.4 Å². The molecule has 0 amide bonds. The molecule has 132 valence electrons. The zero-order chi connectivity index (χ0) is 18.3. The van der Waals surface area contributed by atoms with Gasteiger partial charge in [0, 0.05) is 0 Å². The Morgan fingerprint density at radius 3 is 1.96 bits per heavy atom. The van der Waals surface area contributed by atoms with E-state index in [0.29, 0.717) is 11.1 Å². The second-order valence-electron chi connectivity index (χ2n) is 5.31. The Bertz CT molecular complexity index is 718. The number of hydrogen-bond donors (Lipinski definition) is 3. The van der Waals surface area contributed by atoms with Crippen LogP contribution < -0.4 is 5.32 Å². The molecule has 0 aromatic heterocycles. The molecule has 25 heavy (non-hydrogen) atoms. The molecule has 7 heteroatoms. The van der Waals surface area contributed by atoms with Gasteiger partial charge in [0.15, 0.2) is 5.28 Å². The van der Waals surface area contributed by atoms with E-state index in [4.69, 9.17) is 4.74 Å². The van der Waals surface area contributed by atoms with Crippen molar-refractivity contribution in [2.75, 3.05) is 13.2 Å². The molecule has 0 unspecified atom stereocenters. The van der Waals surface area contributed by atoms with Crippen LogP contribution in [0.5, 0.6) is 0 Å². The van der Waals surface area contributed by atoms with Gasteiger partial charge in [-0.15, -0.1) is 0 Å². The lowest BCUT2D eigenvalue weighted by Gasteiger charge is -2.36. The Kier molecular flexibility index (Phi) is 6.28. The molecule has 0 aliphatic rings. The van der Waals surface area contributed by atoms with Gasteiger partial charge in [-0.2, -0.15) is 0 Å². The number of rotatable bonds is 8. The van der Waals surface area contributed by atoms with Crippen LogP contribution in [0.25, 0.3) is 0 Å². The van der Waals surface area contributed by atoms with E-state index in [1.54, 1.807) is 60.7 Å². The number of benzene rings is 2. The zero-order valence-corrected chi connectivity index (χ0v) is 14.4. The molecule has 0 saturated carbocycles. The second kappa shape index (κ2) is 8.23. The van der Waals surface area contributed by atoms with Crippen molar-refractivity contribution in [3.05, 3.63) is 84.4 Å². The Morgan fingerprint density at radius 2 is 1.56 bits per heavy atom. The molecule has 2 aromatic rings. The molecule has 0 fully saturated rings. The lowest BCUT2D eigenvalue weighted by Crippen LogP contribution is -2.46. The molecule has 2 aromatic carbocycles. The highest BCUT2D eigenvalue weighted by Gasteiger charge is 2.50. The molecule has 0 heterocycles. The zero-order valence-electron chi connectivity index (χ0n) is 13.5. The highest BCUT2D eigenvalue weighted by atomic mass is 31.2. The summed E-state index contributed by atoms with van der Waals surface area (Å²) >= 11 is 0. The maximum atomic E-state index is 12.5. The van der Waals surface area contributed by atoms with Gasteiger partial charge >= 0.3 is 13.6 Å². The second-order valence-corrected chi connectivity index (χ2v) is 7.07. The SMILES string of the molecule is C=CCOC(=O)CNC(c1ccccc1)(c1ccccc1)P(=O)(O)O. The van der Waals surface area contributed by atoms with E-state index in [9.17, 15) is 19.1 Å². The van der Waals surface area contributed by atoms with Crippen molar-refractivity contribution >= 4 is 13.6 Å². The normalized spacial score (nSPS) is 11.8. The third kappa shape index (κ3) is 4.24. The summed E-state index contributed by atoms with van der Waals surface area (Å²) in [5.41, 5.74) is 0.706. The van der Waals surface area contributed by atoms with Crippen LogP contribution in [0, 0.1) is 0 Å². The van der Waals surface area contributed by atoms with Crippen LogP contribution in [0.2, 0.25) is 0 Å². The first-order valence-electron chi connectivity index (χ1n) is 7.60. The lowest BCUT2D eigenvalue weighted by molar-refractivity contribution is -0.141. The van der Waals surface area contributed by atoms with E-state index >= 15 is 0 Å². The molecule has 0 aliphatic heterocycles. The number of esters is 1. The Balaban J connectivity index is 2.51. The Labute approximate surface area is 146 Å². The van der Waals surface area contributed by atoms with Gasteiger partial charge in [-0.25, -0.2) is 0 Å². The fraction of sp³-hybridized carbons (Fsp3) is 0.167. The van der Waals surface area contributed by atoms with Crippen LogP contribution in [0.3, 0.4) is 0 Å². The van der Waals surface area contributed by atoms with Gasteiger partial charge < -0.3 is 14.5 Å². The van der Waals surface area contributed by atoms with Crippen LogP contribution in [0.15, 0.2) is 73.3 Å². The summed E-state index contributed by atoms with van der Waals surface area (Å²) in [5, 5.41) is 0.884. The smallest absolute Gasteiger partial charge is 0.354 e. The topological polar surface area (TPSA) is 95.9 Å². The van der Waals surface area contributed by atoms with Crippen molar-refractivity contribution in [1.29, 1.82) is 0 Å². The summed E-state index contributed by atoms with van der Waals surface area (Å²) in [6, 6.07) is 16.6. The average Bonchev–Trinajstić information content (AvgIpc) is 2.61. The largest absolute Gasteiger partial charge is 0.461 e. The van der Waals surface area contributed by atoms with Crippen molar-refractivity contribution in [2.24, 2.45) is 0 Å². The van der Waals surface area contributed by atoms with E-state index < -0.39 is 18.8 Å². The van der Waals surface area contributed by atoms with Crippen molar-refractivity contribution < 1.29 is 23.9 Å². The fourth-order valence-electron chi connectivity index (χ4n) is 2.57. The lowest BCUT2D eigenvalue weighted by atomic mass is 9.97. The first kappa shape index (κ1) is 19.1. The number of carbonyl (C=O) groups excluding carboxylic acids is 1. The maximum Gasteiger partial charge on any atom is 0.354 e. The van der Waals surface area contributed by atoms with E-state index in [-0.39, 0.29) is 13.2 Å². The monoisotopic (exact) mass is 361 g/mol. The minimum atomic E-state index is -4.77. The Morgan fingerprint density at radius 1 is 1.08 bits per heavy atom. The van der Waals surface area contributed by atoms with E-state index in [0.717, 1.165) is 0 Å². The molecular weight excluding hydrogens is 341 g/mol. The van der Waals surface area contributed by atoms with Gasteiger partial charge in [0.05, 0.1) is 6.54 Å². The molecule has 0 aliphatic carbocycles. The molecule has 0 radical (unpaired) electrons. The predicted molar refractivity (Wildman–Crippen MR) is 94.9 cm³/mol. The summed E-state index contributed by atoms with van der Waals surface area (Å²) in [7, 11) is -4.77. The van der Waals surface area contributed by atoms with Gasteiger partial charge in [0.1, 0.15) is 6.61 Å². The third-order valence-corrected chi connectivity index (χ3v) is 5.22. The highest BCUT2D eigenvalue weighted by Crippen LogP contribution is 2.58. The number of nitrogens with one attached hydrogen (secondary N) is 1. The van der Waals surface area contributed by atoms with Crippen LogP contribution in [0.1, 0.15) is 11.1 Å². The molecule has 0 spiro atoms. The Hall–Kier alpha value is -2.24. The predicted octanol–water partition coefficient (Wildman–Crippen LogP) is 2.38. The summed E-state index contributed by atoms with van der Waals surface area (Å²) in [6.45, 7) is 3.11. The summed E-state index contributed by atoms with van der Waals surface area (Å²) in [5.74, 6) is -0.635. The van der Waals surface area contributed by atoms with Crippen molar-refractivity contribution in [3.8, 4) is 0 Å². The number of hydrogen-bond acceptors (Lipinski definition) is 4. The first-order valence-corrected chi connectivity index (χ1v) is 9.21. The van der Waals surface area contributed by atoms with E-state index in [1.807, 2.05) is 0 Å². The first-order chi connectivity index (χ1) is 11.9. The number of ether oxygens (including phenoxy) is 1. The summed E-state index contributed by atoms with van der Waals surface area (Å²) in [4.78, 5) is 32.3. The molecule has 0 saturated heterocycles. The van der Waals surface area contributed by atoms with Crippen LogP contribution >= 0.6 is 7.60 Å². The summed E-state index contributed by atoms with van der Waals surface area (Å²) in [6.07, 6.45) is 1.42. The van der Waals surface area contributed by atoms with Crippen LogP contribution in [0.4, 0.5) is 0 Å². The standard InChI is InChI=1S/C18H20NO5P/c1-2-13-24-17(20)14-19-18(25(21,22)23,15-9-5-3-6-10-15)16-11-7-4-8-12-16/h2-12,19H,1,13-14H2,(H2,21,22,23). The molecule has 2 rings (SSSR count).